The number of halogens is 1. The molecule has 0 unspecified atom stereocenters. The molecule has 0 aliphatic rings. The third-order valence-electron chi connectivity index (χ3n) is 1.87. The van der Waals surface area contributed by atoms with Crippen LogP contribution in [0.3, 0.4) is 0 Å². The molecule has 5 nitrogen and oxygen atoms in total. The van der Waals surface area contributed by atoms with Gasteiger partial charge >= 0.3 is 5.97 Å². The molecule has 1 aromatic carbocycles. The van der Waals surface area contributed by atoms with Crippen molar-refractivity contribution in [3.8, 4) is 5.75 Å². The standard InChI is InChI=1S/C10H9ClO5S/c1-6(12)8-3-4-9(16-7(2)13)10(5-8)17(11,14)15/h3-5H,1-2H3. The summed E-state index contributed by atoms with van der Waals surface area (Å²) in [7, 11) is 1.10. The monoisotopic (exact) mass is 276 g/mol. The highest BCUT2D eigenvalue weighted by Gasteiger charge is 2.19. The van der Waals surface area contributed by atoms with Crippen molar-refractivity contribution in [2.75, 3.05) is 0 Å². The van der Waals surface area contributed by atoms with E-state index < -0.39 is 19.9 Å². The van der Waals surface area contributed by atoms with E-state index >= 15 is 0 Å². The number of Topliss-reactive ketones (excluding diaryl/α,β-unsaturated/α-hetero) is 1. The van der Waals surface area contributed by atoms with Crippen LogP contribution in [0, 0.1) is 0 Å². The Morgan fingerprint density at radius 1 is 1.24 bits per heavy atom. The van der Waals surface area contributed by atoms with Gasteiger partial charge in [-0.1, -0.05) is 0 Å². The highest BCUT2D eigenvalue weighted by Crippen LogP contribution is 2.28. The molecule has 0 aromatic heterocycles. The molecule has 0 aliphatic heterocycles. The van der Waals surface area contributed by atoms with E-state index in [1.54, 1.807) is 0 Å². The van der Waals surface area contributed by atoms with Crippen molar-refractivity contribution in [1.29, 1.82) is 0 Å². The SMILES string of the molecule is CC(=O)Oc1ccc(C(C)=O)cc1S(=O)(=O)Cl. The molecule has 0 spiro atoms. The third-order valence-corrected chi connectivity index (χ3v) is 3.21. The fourth-order valence-electron chi connectivity index (χ4n) is 1.16. The van der Waals surface area contributed by atoms with Crippen molar-refractivity contribution in [3.63, 3.8) is 0 Å². The maximum atomic E-state index is 11.3. The van der Waals surface area contributed by atoms with Crippen molar-refractivity contribution in [1.82, 2.24) is 0 Å². The van der Waals surface area contributed by atoms with E-state index in [1.807, 2.05) is 0 Å². The highest BCUT2D eigenvalue weighted by atomic mass is 35.7. The Balaban J connectivity index is 3.42. The second-order valence-corrected chi connectivity index (χ2v) is 5.78. The predicted molar refractivity (Wildman–Crippen MR) is 60.8 cm³/mol. The number of rotatable bonds is 3. The number of esters is 1. The quantitative estimate of drug-likeness (QED) is 0.364. The number of carbonyl (C=O) groups excluding carboxylic acids is 2. The lowest BCUT2D eigenvalue weighted by molar-refractivity contribution is -0.132. The van der Waals surface area contributed by atoms with Crippen LogP contribution < -0.4 is 4.74 Å². The molecule has 0 amide bonds. The minimum Gasteiger partial charge on any atom is -0.425 e. The van der Waals surface area contributed by atoms with Crippen molar-refractivity contribution >= 4 is 31.5 Å². The zero-order valence-electron chi connectivity index (χ0n) is 9.06. The smallest absolute Gasteiger partial charge is 0.308 e. The van der Waals surface area contributed by atoms with Gasteiger partial charge in [-0.15, -0.1) is 0 Å². The highest BCUT2D eigenvalue weighted by molar-refractivity contribution is 8.13. The molecule has 0 radical (unpaired) electrons. The van der Waals surface area contributed by atoms with Crippen molar-refractivity contribution < 1.29 is 22.7 Å². The first-order valence-electron chi connectivity index (χ1n) is 4.50. The summed E-state index contributed by atoms with van der Waals surface area (Å²) in [6, 6.07) is 3.64. The van der Waals surface area contributed by atoms with E-state index in [0.29, 0.717) is 0 Å². The van der Waals surface area contributed by atoms with Gasteiger partial charge in [0.15, 0.2) is 11.5 Å². The lowest BCUT2D eigenvalue weighted by Crippen LogP contribution is -2.06. The first-order chi connectivity index (χ1) is 7.71. The number of hydrogen-bond donors (Lipinski definition) is 0. The Kier molecular flexibility index (Phi) is 3.90. The molecule has 17 heavy (non-hydrogen) atoms. The second kappa shape index (κ2) is 4.85. The van der Waals surface area contributed by atoms with E-state index in [1.165, 1.54) is 19.1 Å². The molecule has 0 saturated heterocycles. The van der Waals surface area contributed by atoms with Crippen molar-refractivity contribution in [2.24, 2.45) is 0 Å². The van der Waals surface area contributed by atoms with E-state index in [9.17, 15) is 18.0 Å². The van der Waals surface area contributed by atoms with Gasteiger partial charge in [0.05, 0.1) is 0 Å². The zero-order valence-corrected chi connectivity index (χ0v) is 10.6. The van der Waals surface area contributed by atoms with Crippen LogP contribution in [0.4, 0.5) is 0 Å². The van der Waals surface area contributed by atoms with Gasteiger partial charge in [-0.2, -0.15) is 0 Å². The Morgan fingerprint density at radius 3 is 2.24 bits per heavy atom. The summed E-state index contributed by atoms with van der Waals surface area (Å²) in [5.41, 5.74) is 0.167. The van der Waals surface area contributed by atoms with Gasteiger partial charge in [0.25, 0.3) is 9.05 Å². The van der Waals surface area contributed by atoms with E-state index in [-0.39, 0.29) is 17.1 Å². The van der Waals surface area contributed by atoms with Gasteiger partial charge in [-0.3, -0.25) is 9.59 Å². The second-order valence-electron chi connectivity index (χ2n) is 3.25. The normalized spacial score (nSPS) is 11.0. The Morgan fingerprint density at radius 2 is 1.82 bits per heavy atom. The Hall–Kier alpha value is -1.40. The minimum absolute atomic E-state index is 0.167. The fourth-order valence-corrected chi connectivity index (χ4v) is 2.14. The lowest BCUT2D eigenvalue weighted by atomic mass is 10.1. The van der Waals surface area contributed by atoms with Crippen LogP contribution in [-0.2, 0) is 13.8 Å². The molecule has 1 rings (SSSR count). The van der Waals surface area contributed by atoms with Crippen LogP contribution in [0.1, 0.15) is 24.2 Å². The summed E-state index contributed by atoms with van der Waals surface area (Å²) < 4.78 is 27.2. The molecule has 0 saturated carbocycles. The largest absolute Gasteiger partial charge is 0.425 e. The van der Waals surface area contributed by atoms with E-state index in [4.69, 9.17) is 15.4 Å². The first kappa shape index (κ1) is 13.7. The van der Waals surface area contributed by atoms with Crippen LogP contribution in [0.5, 0.6) is 5.75 Å². The molecule has 0 atom stereocenters. The third kappa shape index (κ3) is 3.54. The van der Waals surface area contributed by atoms with Crippen LogP contribution in [0.15, 0.2) is 23.1 Å². The van der Waals surface area contributed by atoms with Crippen molar-refractivity contribution in [3.05, 3.63) is 23.8 Å². The van der Waals surface area contributed by atoms with Gasteiger partial charge in [0.2, 0.25) is 0 Å². The molecule has 0 bridgehead atoms. The van der Waals surface area contributed by atoms with Crippen molar-refractivity contribution in [2.45, 2.75) is 18.7 Å². The maximum Gasteiger partial charge on any atom is 0.308 e. The molecule has 7 heteroatoms. The zero-order chi connectivity index (χ0) is 13.2. The molecule has 0 fully saturated rings. The van der Waals surface area contributed by atoms with Gasteiger partial charge < -0.3 is 4.74 Å². The van der Waals surface area contributed by atoms with Crippen LogP contribution in [0.25, 0.3) is 0 Å². The number of hydrogen-bond acceptors (Lipinski definition) is 5. The van der Waals surface area contributed by atoms with Crippen LogP contribution in [-0.4, -0.2) is 20.2 Å². The Labute approximate surface area is 103 Å². The summed E-state index contributed by atoms with van der Waals surface area (Å²) in [5.74, 6) is -1.19. The van der Waals surface area contributed by atoms with Crippen LogP contribution in [0.2, 0.25) is 0 Å². The molecular formula is C10H9ClO5S. The Bertz CT molecular complexity index is 576. The van der Waals surface area contributed by atoms with E-state index in [0.717, 1.165) is 13.0 Å². The van der Waals surface area contributed by atoms with Crippen LogP contribution >= 0.6 is 10.7 Å². The molecule has 0 heterocycles. The summed E-state index contributed by atoms with van der Waals surface area (Å²) >= 11 is 0. The number of carbonyl (C=O) groups is 2. The number of ketones is 1. The topological polar surface area (TPSA) is 77.5 Å². The van der Waals surface area contributed by atoms with Gasteiger partial charge in [0.1, 0.15) is 4.90 Å². The molecule has 92 valence electrons. The number of ether oxygens (including phenoxy) is 1. The van der Waals surface area contributed by atoms with E-state index in [2.05, 4.69) is 0 Å². The average Bonchev–Trinajstić information content (AvgIpc) is 2.15. The molecule has 0 aliphatic carbocycles. The van der Waals surface area contributed by atoms with Gasteiger partial charge in [-0.25, -0.2) is 8.42 Å². The molecule has 1 aromatic rings. The predicted octanol–water partition coefficient (Wildman–Crippen LogP) is 1.74. The summed E-state index contributed by atoms with van der Waals surface area (Å²) in [5, 5.41) is 0. The molecule has 0 N–H and O–H groups in total. The first-order valence-corrected chi connectivity index (χ1v) is 6.81. The van der Waals surface area contributed by atoms with Gasteiger partial charge in [-0.05, 0) is 25.1 Å². The lowest BCUT2D eigenvalue weighted by Gasteiger charge is -2.07. The fraction of sp³-hybridized carbons (Fsp3) is 0.200. The summed E-state index contributed by atoms with van der Waals surface area (Å²) in [4.78, 5) is 21.5. The average molecular weight is 277 g/mol. The molecular weight excluding hydrogens is 268 g/mol. The minimum atomic E-state index is -4.09. The van der Waals surface area contributed by atoms with Gasteiger partial charge in [0, 0.05) is 23.2 Å². The maximum absolute atomic E-state index is 11.3. The summed E-state index contributed by atoms with van der Waals surface area (Å²) in [6.45, 7) is 2.41. The summed E-state index contributed by atoms with van der Waals surface area (Å²) in [6.07, 6.45) is 0. The number of benzene rings is 1.